The molecule has 1 aromatic carbocycles. The molecule has 19 heavy (non-hydrogen) atoms. The number of carbonyl (C=O) groups excluding carboxylic acids is 1. The lowest BCUT2D eigenvalue weighted by Gasteiger charge is -2.17. The van der Waals surface area contributed by atoms with Gasteiger partial charge in [0.2, 0.25) is 0 Å². The van der Waals surface area contributed by atoms with Gasteiger partial charge in [-0.25, -0.2) is 4.79 Å². The molecule has 0 radical (unpaired) electrons. The van der Waals surface area contributed by atoms with E-state index in [0.29, 0.717) is 0 Å². The molecule has 0 atom stereocenters. The standard InChI is InChI=1S/C14H19BrN2O2/c1-19-13-4-2-12(3-5-13)6-8-16-10-11-17(9-7-15)14(16)18/h2-5H,6-11H2,1H3. The van der Waals surface area contributed by atoms with Gasteiger partial charge in [-0.15, -0.1) is 0 Å². The fraction of sp³-hybridized carbons (Fsp3) is 0.500. The second kappa shape index (κ2) is 6.80. The molecule has 2 amide bonds. The van der Waals surface area contributed by atoms with Gasteiger partial charge in [0, 0.05) is 31.5 Å². The second-order valence-electron chi connectivity index (χ2n) is 4.54. The van der Waals surface area contributed by atoms with Crippen molar-refractivity contribution in [2.24, 2.45) is 0 Å². The molecule has 5 heteroatoms. The Morgan fingerprint density at radius 2 is 1.79 bits per heavy atom. The van der Waals surface area contributed by atoms with Crippen LogP contribution >= 0.6 is 15.9 Å². The van der Waals surface area contributed by atoms with Crippen LogP contribution in [0.5, 0.6) is 5.75 Å². The van der Waals surface area contributed by atoms with E-state index in [1.54, 1.807) is 7.11 Å². The van der Waals surface area contributed by atoms with Gasteiger partial charge in [-0.05, 0) is 24.1 Å². The van der Waals surface area contributed by atoms with E-state index < -0.39 is 0 Å². The highest BCUT2D eigenvalue weighted by atomic mass is 79.9. The number of carbonyl (C=O) groups is 1. The largest absolute Gasteiger partial charge is 0.497 e. The molecule has 1 aliphatic rings. The van der Waals surface area contributed by atoms with E-state index in [-0.39, 0.29) is 6.03 Å². The summed E-state index contributed by atoms with van der Waals surface area (Å²) in [5.41, 5.74) is 1.23. The first-order valence-electron chi connectivity index (χ1n) is 6.47. The molecule has 1 saturated heterocycles. The number of ether oxygens (including phenoxy) is 1. The topological polar surface area (TPSA) is 32.8 Å². The molecular weight excluding hydrogens is 308 g/mol. The number of alkyl halides is 1. The minimum Gasteiger partial charge on any atom is -0.497 e. The number of halogens is 1. The lowest BCUT2D eigenvalue weighted by molar-refractivity contribution is 0.194. The van der Waals surface area contributed by atoms with Gasteiger partial charge in [0.15, 0.2) is 0 Å². The van der Waals surface area contributed by atoms with Crippen molar-refractivity contribution in [2.75, 3.05) is 38.6 Å². The Morgan fingerprint density at radius 1 is 1.16 bits per heavy atom. The van der Waals surface area contributed by atoms with Crippen molar-refractivity contribution in [3.63, 3.8) is 0 Å². The summed E-state index contributed by atoms with van der Waals surface area (Å²) in [4.78, 5) is 15.8. The third-order valence-corrected chi connectivity index (χ3v) is 3.72. The summed E-state index contributed by atoms with van der Waals surface area (Å²) in [5.74, 6) is 0.865. The number of hydrogen-bond donors (Lipinski definition) is 0. The van der Waals surface area contributed by atoms with E-state index in [0.717, 1.165) is 43.7 Å². The van der Waals surface area contributed by atoms with E-state index in [9.17, 15) is 4.79 Å². The van der Waals surface area contributed by atoms with Gasteiger partial charge < -0.3 is 14.5 Å². The summed E-state index contributed by atoms with van der Waals surface area (Å²) >= 11 is 3.37. The zero-order chi connectivity index (χ0) is 13.7. The van der Waals surface area contributed by atoms with E-state index >= 15 is 0 Å². The highest BCUT2D eigenvalue weighted by molar-refractivity contribution is 9.09. The molecule has 0 N–H and O–H groups in total. The Morgan fingerprint density at radius 3 is 2.37 bits per heavy atom. The van der Waals surface area contributed by atoms with Crippen LogP contribution in [0.15, 0.2) is 24.3 Å². The number of rotatable bonds is 6. The maximum absolute atomic E-state index is 12.0. The Hall–Kier alpha value is -1.23. The van der Waals surface area contributed by atoms with E-state index in [1.165, 1.54) is 5.56 Å². The van der Waals surface area contributed by atoms with Crippen molar-refractivity contribution in [1.82, 2.24) is 9.80 Å². The summed E-state index contributed by atoms with van der Waals surface area (Å²) in [6, 6.07) is 8.18. The van der Waals surface area contributed by atoms with Crippen molar-refractivity contribution in [3.8, 4) is 5.75 Å². The molecule has 0 unspecified atom stereocenters. The third kappa shape index (κ3) is 3.62. The predicted octanol–water partition coefficient (Wildman–Crippen LogP) is 2.37. The van der Waals surface area contributed by atoms with Crippen LogP contribution in [-0.2, 0) is 6.42 Å². The molecule has 0 aliphatic carbocycles. The van der Waals surface area contributed by atoms with E-state index in [4.69, 9.17) is 4.74 Å². The van der Waals surface area contributed by atoms with Crippen molar-refractivity contribution in [3.05, 3.63) is 29.8 Å². The molecule has 1 heterocycles. The average molecular weight is 327 g/mol. The minimum atomic E-state index is 0.160. The Kier molecular flexibility index (Phi) is 5.07. The minimum absolute atomic E-state index is 0.160. The zero-order valence-electron chi connectivity index (χ0n) is 11.1. The Bertz CT molecular complexity index is 422. The summed E-state index contributed by atoms with van der Waals surface area (Å²) in [5, 5.41) is 0.838. The van der Waals surface area contributed by atoms with Crippen LogP contribution in [0.1, 0.15) is 5.56 Å². The van der Waals surface area contributed by atoms with Gasteiger partial charge in [0.1, 0.15) is 5.75 Å². The molecule has 1 aromatic rings. The van der Waals surface area contributed by atoms with Gasteiger partial charge in [0.25, 0.3) is 0 Å². The SMILES string of the molecule is COc1ccc(CCN2CCN(CCBr)C2=O)cc1. The maximum Gasteiger partial charge on any atom is 0.320 e. The fourth-order valence-corrected chi connectivity index (χ4v) is 2.63. The van der Waals surface area contributed by atoms with Crippen LogP contribution in [0.4, 0.5) is 4.79 Å². The number of methoxy groups -OCH3 is 1. The average Bonchev–Trinajstić information content (AvgIpc) is 2.79. The lowest BCUT2D eigenvalue weighted by Crippen LogP contribution is -2.34. The number of hydrogen-bond acceptors (Lipinski definition) is 2. The van der Waals surface area contributed by atoms with E-state index in [1.807, 2.05) is 21.9 Å². The smallest absolute Gasteiger partial charge is 0.320 e. The Balaban J connectivity index is 1.83. The zero-order valence-corrected chi connectivity index (χ0v) is 12.7. The number of urea groups is 1. The summed E-state index contributed by atoms with van der Waals surface area (Å²) in [6.07, 6.45) is 0.887. The molecule has 0 saturated carbocycles. The first kappa shape index (κ1) is 14.2. The highest BCUT2D eigenvalue weighted by Gasteiger charge is 2.26. The summed E-state index contributed by atoms with van der Waals surface area (Å²) in [6.45, 7) is 3.25. The number of amides is 2. The van der Waals surface area contributed by atoms with Crippen molar-refractivity contribution >= 4 is 22.0 Å². The highest BCUT2D eigenvalue weighted by Crippen LogP contribution is 2.14. The quantitative estimate of drug-likeness (QED) is 0.752. The summed E-state index contributed by atoms with van der Waals surface area (Å²) in [7, 11) is 1.66. The molecule has 1 aliphatic heterocycles. The van der Waals surface area contributed by atoms with Crippen LogP contribution < -0.4 is 4.74 Å². The molecule has 0 spiro atoms. The van der Waals surface area contributed by atoms with Crippen LogP contribution in [0.3, 0.4) is 0 Å². The molecule has 4 nitrogen and oxygen atoms in total. The summed E-state index contributed by atoms with van der Waals surface area (Å²) < 4.78 is 5.13. The van der Waals surface area contributed by atoms with Gasteiger partial charge in [0.05, 0.1) is 7.11 Å². The molecule has 0 aromatic heterocycles. The first-order chi connectivity index (χ1) is 9.24. The predicted molar refractivity (Wildman–Crippen MR) is 79.0 cm³/mol. The molecule has 104 valence electrons. The van der Waals surface area contributed by atoms with E-state index in [2.05, 4.69) is 28.1 Å². The lowest BCUT2D eigenvalue weighted by atomic mass is 10.1. The van der Waals surface area contributed by atoms with Crippen molar-refractivity contribution < 1.29 is 9.53 Å². The van der Waals surface area contributed by atoms with Gasteiger partial charge in [-0.1, -0.05) is 28.1 Å². The van der Waals surface area contributed by atoms with Crippen LogP contribution in [0.25, 0.3) is 0 Å². The van der Waals surface area contributed by atoms with Crippen LogP contribution in [0, 0.1) is 0 Å². The first-order valence-corrected chi connectivity index (χ1v) is 7.59. The monoisotopic (exact) mass is 326 g/mol. The molecule has 1 fully saturated rings. The number of benzene rings is 1. The van der Waals surface area contributed by atoms with Crippen LogP contribution in [-0.4, -0.2) is 54.4 Å². The fourth-order valence-electron chi connectivity index (χ4n) is 2.21. The molecular formula is C14H19BrN2O2. The molecule has 2 rings (SSSR count). The van der Waals surface area contributed by atoms with Gasteiger partial charge >= 0.3 is 6.03 Å². The second-order valence-corrected chi connectivity index (χ2v) is 5.34. The third-order valence-electron chi connectivity index (χ3n) is 3.36. The normalized spacial score (nSPS) is 15.2. The van der Waals surface area contributed by atoms with Gasteiger partial charge in [-0.3, -0.25) is 0 Å². The van der Waals surface area contributed by atoms with Crippen molar-refractivity contribution in [2.45, 2.75) is 6.42 Å². The van der Waals surface area contributed by atoms with Gasteiger partial charge in [-0.2, -0.15) is 0 Å². The maximum atomic E-state index is 12.0. The van der Waals surface area contributed by atoms with Crippen LogP contribution in [0.2, 0.25) is 0 Å². The Labute approximate surface area is 122 Å². The van der Waals surface area contributed by atoms with Crippen molar-refractivity contribution in [1.29, 1.82) is 0 Å². The number of nitrogens with zero attached hydrogens (tertiary/aromatic N) is 2. The molecule has 0 bridgehead atoms.